The molecule has 4 heterocycles. The molecule has 266 valence electrons. The van der Waals surface area contributed by atoms with E-state index in [1.807, 2.05) is 0 Å². The quantitative estimate of drug-likeness (QED) is 0.0705. The van der Waals surface area contributed by atoms with E-state index in [2.05, 4.69) is 0 Å². The van der Waals surface area contributed by atoms with E-state index in [0.717, 1.165) is 6.08 Å². The lowest BCUT2D eigenvalue weighted by atomic mass is 9.85. The maximum Gasteiger partial charge on any atom is 0.331 e. The number of methoxy groups -OCH3 is 1. The van der Waals surface area contributed by atoms with Gasteiger partial charge in [0, 0.05) is 12.0 Å². The van der Waals surface area contributed by atoms with Crippen LogP contribution in [0.3, 0.4) is 0 Å². The number of benzene rings is 1. The summed E-state index contributed by atoms with van der Waals surface area (Å²) >= 11 is 0. The van der Waals surface area contributed by atoms with Crippen molar-refractivity contribution in [3.05, 3.63) is 42.2 Å². The molecule has 1 aromatic rings. The second kappa shape index (κ2) is 13.8. The number of esters is 1. The van der Waals surface area contributed by atoms with Crippen LogP contribution in [0.2, 0.25) is 0 Å². The van der Waals surface area contributed by atoms with E-state index >= 15 is 0 Å². The Bertz CT molecular complexity index is 1370. The van der Waals surface area contributed by atoms with Crippen molar-refractivity contribution in [3.8, 4) is 11.5 Å². The van der Waals surface area contributed by atoms with Gasteiger partial charge in [0.15, 0.2) is 30.2 Å². The number of carbonyl (C=O) groups is 1. The Morgan fingerprint density at radius 1 is 0.938 bits per heavy atom. The van der Waals surface area contributed by atoms with Crippen LogP contribution < -0.4 is 4.74 Å². The van der Waals surface area contributed by atoms with Gasteiger partial charge in [0.1, 0.15) is 48.3 Å². The standard InChI is InChI=1S/C31H40O17/c1-12-25(45-18(35)6-4-13-3-5-16(41-2)15(34)9-13)22(38)24(40)29(43-12)46-26-14-7-8-42-28(19(14)31(11-33)27(26)48-31)47-30-23(39)21(37)20(36)17(10-32)44-30/h3-9,12,14,17,19-30,32-34,36-40H,10-11H2,1-2H3. The van der Waals surface area contributed by atoms with Crippen LogP contribution in [0.15, 0.2) is 36.6 Å². The van der Waals surface area contributed by atoms with Crippen LogP contribution in [0.25, 0.3) is 6.08 Å². The zero-order valence-electron chi connectivity index (χ0n) is 25.9. The lowest BCUT2D eigenvalue weighted by molar-refractivity contribution is -0.347. The molecule has 16 atom stereocenters. The predicted molar refractivity (Wildman–Crippen MR) is 155 cm³/mol. The van der Waals surface area contributed by atoms with Crippen molar-refractivity contribution < 1.29 is 83.5 Å². The van der Waals surface area contributed by atoms with Gasteiger partial charge in [0.25, 0.3) is 0 Å². The lowest BCUT2D eigenvalue weighted by Crippen LogP contribution is -2.60. The third-order valence-electron chi connectivity index (χ3n) is 9.53. The normalized spacial score (nSPS) is 44.9. The number of hydrogen-bond acceptors (Lipinski definition) is 17. The zero-order valence-corrected chi connectivity index (χ0v) is 25.9. The minimum atomic E-state index is -1.70. The maximum absolute atomic E-state index is 12.6. The molecular weight excluding hydrogens is 644 g/mol. The number of ether oxygens (including phenoxy) is 8. The van der Waals surface area contributed by atoms with Crippen LogP contribution in [0.4, 0.5) is 0 Å². The van der Waals surface area contributed by atoms with Crippen LogP contribution in [0.5, 0.6) is 11.5 Å². The van der Waals surface area contributed by atoms with Crippen molar-refractivity contribution in [2.24, 2.45) is 11.8 Å². The molecule has 17 heteroatoms. The van der Waals surface area contributed by atoms with Gasteiger partial charge in [-0.1, -0.05) is 6.07 Å². The van der Waals surface area contributed by atoms with Crippen molar-refractivity contribution in [1.29, 1.82) is 0 Å². The fourth-order valence-electron chi connectivity index (χ4n) is 6.89. The first-order chi connectivity index (χ1) is 22.9. The van der Waals surface area contributed by atoms with Crippen LogP contribution in [0, 0.1) is 11.8 Å². The first-order valence-electron chi connectivity index (χ1n) is 15.4. The number of aliphatic hydroxyl groups is 7. The van der Waals surface area contributed by atoms with Crippen LogP contribution in [0.1, 0.15) is 12.5 Å². The monoisotopic (exact) mass is 684 g/mol. The number of aromatic hydroxyl groups is 1. The van der Waals surface area contributed by atoms with Gasteiger partial charge in [-0.05, 0) is 36.8 Å². The van der Waals surface area contributed by atoms with Crippen molar-refractivity contribution in [2.45, 2.75) is 92.4 Å². The molecular formula is C31H40O17. The molecule has 3 saturated heterocycles. The molecule has 0 amide bonds. The van der Waals surface area contributed by atoms with Crippen molar-refractivity contribution in [3.63, 3.8) is 0 Å². The summed E-state index contributed by atoms with van der Waals surface area (Å²) in [5.41, 5.74) is -0.750. The number of hydrogen-bond donors (Lipinski definition) is 8. The number of fused-ring (bicyclic) bond motifs is 3. The van der Waals surface area contributed by atoms with E-state index in [4.69, 9.17) is 37.9 Å². The Labute approximate surface area is 274 Å². The van der Waals surface area contributed by atoms with E-state index in [0.29, 0.717) is 5.56 Å². The minimum Gasteiger partial charge on any atom is -0.504 e. The summed E-state index contributed by atoms with van der Waals surface area (Å²) in [6, 6.07) is 4.51. The molecule has 0 radical (unpaired) electrons. The van der Waals surface area contributed by atoms with Gasteiger partial charge >= 0.3 is 5.97 Å². The highest BCUT2D eigenvalue weighted by atomic mass is 16.8. The largest absolute Gasteiger partial charge is 0.504 e. The summed E-state index contributed by atoms with van der Waals surface area (Å²) in [6.07, 6.45) is -12.0. The zero-order chi connectivity index (χ0) is 34.5. The third kappa shape index (κ3) is 6.19. The van der Waals surface area contributed by atoms with Crippen molar-refractivity contribution >= 4 is 12.0 Å². The third-order valence-corrected chi connectivity index (χ3v) is 9.53. The van der Waals surface area contributed by atoms with Gasteiger partial charge in [-0.15, -0.1) is 0 Å². The Morgan fingerprint density at radius 2 is 1.67 bits per heavy atom. The van der Waals surface area contributed by atoms with Gasteiger partial charge in [0.05, 0.1) is 44.7 Å². The highest BCUT2D eigenvalue weighted by Crippen LogP contribution is 2.61. The Hall–Kier alpha value is -2.91. The molecule has 0 spiro atoms. The number of phenols is 1. The van der Waals surface area contributed by atoms with E-state index in [-0.39, 0.29) is 11.5 Å². The molecule has 4 aliphatic heterocycles. The van der Waals surface area contributed by atoms with Crippen LogP contribution in [-0.4, -0.2) is 153 Å². The second-order valence-electron chi connectivity index (χ2n) is 12.4. The average molecular weight is 685 g/mol. The smallest absolute Gasteiger partial charge is 0.331 e. The fraction of sp³-hybridized carbons (Fsp3) is 0.645. The Balaban J connectivity index is 1.10. The molecule has 1 aliphatic carbocycles. The van der Waals surface area contributed by atoms with Gasteiger partial charge in [-0.3, -0.25) is 0 Å². The molecule has 17 nitrogen and oxygen atoms in total. The van der Waals surface area contributed by atoms with Crippen LogP contribution >= 0.6 is 0 Å². The van der Waals surface area contributed by atoms with Gasteiger partial charge in [0.2, 0.25) is 6.29 Å². The van der Waals surface area contributed by atoms with Crippen LogP contribution in [-0.2, 0) is 38.0 Å². The molecule has 0 bridgehead atoms. The predicted octanol–water partition coefficient (Wildman–Crippen LogP) is -2.76. The van der Waals surface area contributed by atoms with Gasteiger partial charge in [-0.2, -0.15) is 0 Å². The first kappa shape index (κ1) is 34.9. The molecule has 0 aromatic heterocycles. The van der Waals surface area contributed by atoms with Crippen molar-refractivity contribution in [1.82, 2.24) is 0 Å². The van der Waals surface area contributed by atoms with E-state index in [1.165, 1.54) is 38.5 Å². The van der Waals surface area contributed by atoms with E-state index in [9.17, 15) is 45.6 Å². The number of carbonyl (C=O) groups excluding carboxylic acids is 1. The number of epoxide rings is 1. The van der Waals surface area contributed by atoms with Crippen molar-refractivity contribution in [2.75, 3.05) is 20.3 Å². The summed E-state index contributed by atoms with van der Waals surface area (Å²) in [6.45, 7) is 0.374. The van der Waals surface area contributed by atoms with Gasteiger partial charge < -0.3 is 78.7 Å². The number of aliphatic hydroxyl groups excluding tert-OH is 7. The Morgan fingerprint density at radius 3 is 2.35 bits per heavy atom. The topological polar surface area (TPSA) is 256 Å². The SMILES string of the molecule is COc1ccc(C=CC(=O)OC2C(C)OC(OC3C4C=COC(OC5OC(CO)C(O)C(O)C5O)C4C4(CO)OC34)C(O)C2O)cc1O. The molecule has 8 N–H and O–H groups in total. The minimum absolute atomic E-state index is 0.124. The highest BCUT2D eigenvalue weighted by Gasteiger charge is 2.77. The highest BCUT2D eigenvalue weighted by molar-refractivity contribution is 5.87. The van der Waals surface area contributed by atoms with Gasteiger partial charge in [-0.25, -0.2) is 4.79 Å². The summed E-state index contributed by atoms with van der Waals surface area (Å²) in [5.74, 6) is -2.03. The fourth-order valence-corrected chi connectivity index (χ4v) is 6.89. The summed E-state index contributed by atoms with van der Waals surface area (Å²) in [4.78, 5) is 12.6. The van der Waals surface area contributed by atoms with E-state index in [1.54, 1.807) is 12.1 Å². The maximum atomic E-state index is 12.6. The molecule has 4 fully saturated rings. The van der Waals surface area contributed by atoms with E-state index < -0.39 is 117 Å². The molecule has 1 saturated carbocycles. The average Bonchev–Trinajstić information content (AvgIpc) is 3.75. The second-order valence-corrected chi connectivity index (χ2v) is 12.4. The molecule has 5 aliphatic rings. The number of phenolic OH excluding ortho intramolecular Hbond substituents is 1. The number of rotatable bonds is 10. The first-order valence-corrected chi connectivity index (χ1v) is 15.4. The molecule has 16 unspecified atom stereocenters. The molecule has 48 heavy (non-hydrogen) atoms. The summed E-state index contributed by atoms with van der Waals surface area (Å²) in [5, 5.41) is 82.5. The molecule has 1 aromatic carbocycles. The Kier molecular flexibility index (Phi) is 10.0. The summed E-state index contributed by atoms with van der Waals surface area (Å²) in [7, 11) is 1.40. The molecule has 6 rings (SSSR count). The lowest BCUT2D eigenvalue weighted by Gasteiger charge is -2.44. The summed E-state index contributed by atoms with van der Waals surface area (Å²) < 4.78 is 45.3.